The smallest absolute Gasteiger partial charge is 0.122 e. The van der Waals surface area contributed by atoms with Crippen LogP contribution in [0.1, 0.15) is 27.2 Å². The fraction of sp³-hybridized carbons (Fsp3) is 0.357. The third-order valence-corrected chi connectivity index (χ3v) is 4.00. The van der Waals surface area contributed by atoms with Crippen molar-refractivity contribution < 1.29 is 14.6 Å². The van der Waals surface area contributed by atoms with Crippen molar-refractivity contribution >= 4 is 11.3 Å². The van der Waals surface area contributed by atoms with Crippen LogP contribution in [0, 0.1) is 13.8 Å². The highest BCUT2D eigenvalue weighted by molar-refractivity contribution is 7.11. The molecule has 0 saturated heterocycles. The van der Waals surface area contributed by atoms with Crippen LogP contribution < -0.4 is 9.47 Å². The molecule has 1 aromatic heterocycles. The fourth-order valence-electron chi connectivity index (χ4n) is 1.94. The van der Waals surface area contributed by atoms with E-state index < -0.39 is 6.10 Å². The summed E-state index contributed by atoms with van der Waals surface area (Å²) >= 11 is 1.50. The molecule has 0 aliphatic carbocycles. The number of benzene rings is 1. The highest BCUT2D eigenvalue weighted by atomic mass is 32.1. The van der Waals surface area contributed by atoms with Crippen LogP contribution in [-0.2, 0) is 0 Å². The van der Waals surface area contributed by atoms with Crippen molar-refractivity contribution in [3.05, 3.63) is 39.3 Å². The summed E-state index contributed by atoms with van der Waals surface area (Å²) in [6, 6.07) is 5.39. The standard InChI is InChI=1S/C14H17NO3S/c1-8-14(19-9(2)15-8)13(16)10-5-11(17-3)7-12(6-10)18-4/h5-7,13,16H,1-4H3. The van der Waals surface area contributed by atoms with E-state index in [1.807, 2.05) is 26.0 Å². The molecular formula is C14H17NO3S. The molecule has 0 bridgehead atoms. The number of aryl methyl sites for hydroxylation is 2. The summed E-state index contributed by atoms with van der Waals surface area (Å²) in [6.07, 6.45) is -0.713. The van der Waals surface area contributed by atoms with Crippen molar-refractivity contribution in [3.63, 3.8) is 0 Å². The average molecular weight is 279 g/mol. The first-order chi connectivity index (χ1) is 9.05. The zero-order chi connectivity index (χ0) is 14.0. The summed E-state index contributed by atoms with van der Waals surface area (Å²) in [4.78, 5) is 5.19. The molecule has 1 aromatic carbocycles. The predicted molar refractivity (Wildman–Crippen MR) is 75.2 cm³/mol. The van der Waals surface area contributed by atoms with Crippen LogP contribution in [0.25, 0.3) is 0 Å². The molecule has 5 heteroatoms. The Labute approximate surface area is 116 Å². The molecule has 1 atom stereocenters. The normalized spacial score (nSPS) is 12.3. The lowest BCUT2D eigenvalue weighted by Gasteiger charge is -2.13. The van der Waals surface area contributed by atoms with E-state index >= 15 is 0 Å². The molecule has 0 saturated carbocycles. The highest BCUT2D eigenvalue weighted by Gasteiger charge is 2.18. The largest absolute Gasteiger partial charge is 0.497 e. The number of hydrogen-bond acceptors (Lipinski definition) is 5. The van der Waals surface area contributed by atoms with Crippen LogP contribution in [0.3, 0.4) is 0 Å². The molecule has 4 nitrogen and oxygen atoms in total. The summed E-state index contributed by atoms with van der Waals surface area (Å²) in [7, 11) is 3.18. The molecule has 1 N–H and O–H groups in total. The van der Waals surface area contributed by atoms with Crippen molar-refractivity contribution in [3.8, 4) is 11.5 Å². The van der Waals surface area contributed by atoms with Gasteiger partial charge in [0.15, 0.2) is 0 Å². The van der Waals surface area contributed by atoms with Gasteiger partial charge in [-0.15, -0.1) is 11.3 Å². The van der Waals surface area contributed by atoms with Crippen LogP contribution in [0.4, 0.5) is 0 Å². The second-order valence-electron chi connectivity index (χ2n) is 4.23. The Morgan fingerprint density at radius 3 is 2.11 bits per heavy atom. The van der Waals surface area contributed by atoms with E-state index in [1.54, 1.807) is 20.3 Å². The monoisotopic (exact) mass is 279 g/mol. The summed E-state index contributed by atoms with van der Waals surface area (Å²) in [5, 5.41) is 11.4. The van der Waals surface area contributed by atoms with E-state index in [1.165, 1.54) is 11.3 Å². The van der Waals surface area contributed by atoms with Gasteiger partial charge in [0.25, 0.3) is 0 Å². The van der Waals surface area contributed by atoms with Crippen LogP contribution in [0.2, 0.25) is 0 Å². The molecule has 102 valence electrons. The summed E-state index contributed by atoms with van der Waals surface area (Å²) in [5.74, 6) is 1.32. The van der Waals surface area contributed by atoms with Gasteiger partial charge in [0.1, 0.15) is 17.6 Å². The first kappa shape index (κ1) is 13.8. The molecule has 0 aliphatic rings. The Bertz CT molecular complexity index is 558. The van der Waals surface area contributed by atoms with Gasteiger partial charge in [-0.25, -0.2) is 4.98 Å². The van der Waals surface area contributed by atoms with Crippen LogP contribution in [-0.4, -0.2) is 24.3 Å². The second kappa shape index (κ2) is 5.59. The SMILES string of the molecule is COc1cc(OC)cc(C(O)c2sc(C)nc2C)c1. The van der Waals surface area contributed by atoms with Gasteiger partial charge in [0.2, 0.25) is 0 Å². The van der Waals surface area contributed by atoms with E-state index in [4.69, 9.17) is 9.47 Å². The molecule has 1 heterocycles. The zero-order valence-electron chi connectivity index (χ0n) is 11.4. The number of thiazole rings is 1. The van der Waals surface area contributed by atoms with Gasteiger partial charge in [0.05, 0.1) is 29.8 Å². The Kier molecular flexibility index (Phi) is 4.07. The third kappa shape index (κ3) is 2.88. The van der Waals surface area contributed by atoms with Gasteiger partial charge in [0, 0.05) is 6.07 Å². The zero-order valence-corrected chi connectivity index (χ0v) is 12.2. The quantitative estimate of drug-likeness (QED) is 0.935. The molecule has 2 aromatic rings. The molecule has 0 fully saturated rings. The van der Waals surface area contributed by atoms with Gasteiger partial charge in [-0.05, 0) is 31.5 Å². The number of nitrogens with zero attached hydrogens (tertiary/aromatic N) is 1. The Balaban J connectivity index is 2.43. The van der Waals surface area contributed by atoms with Crippen molar-refractivity contribution in [2.75, 3.05) is 14.2 Å². The number of methoxy groups -OCH3 is 2. The van der Waals surface area contributed by atoms with Crippen molar-refractivity contribution in [2.45, 2.75) is 20.0 Å². The first-order valence-electron chi connectivity index (χ1n) is 5.90. The van der Waals surface area contributed by atoms with Crippen molar-refractivity contribution in [1.29, 1.82) is 0 Å². The lowest BCUT2D eigenvalue weighted by atomic mass is 10.1. The molecule has 0 spiro atoms. The van der Waals surface area contributed by atoms with E-state index in [0.717, 1.165) is 21.1 Å². The van der Waals surface area contributed by atoms with Gasteiger partial charge in [-0.2, -0.15) is 0 Å². The van der Waals surface area contributed by atoms with Crippen LogP contribution in [0.5, 0.6) is 11.5 Å². The second-order valence-corrected chi connectivity index (χ2v) is 5.47. The maximum absolute atomic E-state index is 10.5. The Morgan fingerprint density at radius 1 is 1.11 bits per heavy atom. The van der Waals surface area contributed by atoms with Crippen molar-refractivity contribution in [2.24, 2.45) is 0 Å². The minimum atomic E-state index is -0.713. The van der Waals surface area contributed by atoms with E-state index in [9.17, 15) is 5.11 Å². The summed E-state index contributed by atoms with van der Waals surface area (Å²) in [5.41, 5.74) is 1.60. The summed E-state index contributed by atoms with van der Waals surface area (Å²) in [6.45, 7) is 3.83. The molecule has 0 radical (unpaired) electrons. The van der Waals surface area contributed by atoms with Gasteiger partial charge < -0.3 is 14.6 Å². The number of aromatic nitrogens is 1. The minimum absolute atomic E-state index is 0.660. The Hall–Kier alpha value is -1.59. The van der Waals surface area contributed by atoms with E-state index in [2.05, 4.69) is 4.98 Å². The maximum Gasteiger partial charge on any atom is 0.122 e. The third-order valence-electron chi connectivity index (χ3n) is 2.88. The number of aliphatic hydroxyl groups is 1. The predicted octanol–water partition coefficient (Wildman–Crippen LogP) is 2.86. The first-order valence-corrected chi connectivity index (χ1v) is 6.71. The fourth-order valence-corrected chi connectivity index (χ4v) is 2.88. The molecule has 0 aliphatic heterocycles. The van der Waals surface area contributed by atoms with E-state index in [-0.39, 0.29) is 0 Å². The molecule has 1 unspecified atom stereocenters. The maximum atomic E-state index is 10.5. The van der Waals surface area contributed by atoms with Gasteiger partial charge in [-0.3, -0.25) is 0 Å². The lowest BCUT2D eigenvalue weighted by Crippen LogP contribution is -2.00. The van der Waals surface area contributed by atoms with Gasteiger partial charge >= 0.3 is 0 Å². The number of hydrogen-bond donors (Lipinski definition) is 1. The number of ether oxygens (including phenoxy) is 2. The molecular weight excluding hydrogens is 262 g/mol. The molecule has 19 heavy (non-hydrogen) atoms. The topological polar surface area (TPSA) is 51.6 Å². The van der Waals surface area contributed by atoms with Crippen LogP contribution in [0.15, 0.2) is 18.2 Å². The molecule has 0 amide bonds. The highest BCUT2D eigenvalue weighted by Crippen LogP contribution is 2.33. The van der Waals surface area contributed by atoms with Crippen molar-refractivity contribution in [1.82, 2.24) is 4.98 Å². The number of aliphatic hydroxyl groups excluding tert-OH is 1. The number of rotatable bonds is 4. The summed E-state index contributed by atoms with van der Waals surface area (Å²) < 4.78 is 10.4. The molecule has 2 rings (SSSR count). The van der Waals surface area contributed by atoms with E-state index in [0.29, 0.717) is 11.5 Å². The Morgan fingerprint density at radius 2 is 1.68 bits per heavy atom. The van der Waals surface area contributed by atoms with Gasteiger partial charge in [-0.1, -0.05) is 0 Å². The average Bonchev–Trinajstić information content (AvgIpc) is 2.76. The lowest BCUT2D eigenvalue weighted by molar-refractivity contribution is 0.222. The minimum Gasteiger partial charge on any atom is -0.497 e. The van der Waals surface area contributed by atoms with Crippen LogP contribution >= 0.6 is 11.3 Å².